The molecule has 3 aromatic carbocycles. The number of hydrogen-bond donors (Lipinski definition) is 0. The van der Waals surface area contributed by atoms with Crippen molar-refractivity contribution in [2.24, 2.45) is 53.3 Å². The van der Waals surface area contributed by atoms with Gasteiger partial charge < -0.3 is 56.6 Å². The van der Waals surface area contributed by atoms with Crippen LogP contribution in [0.4, 0.5) is 0 Å². The van der Waals surface area contributed by atoms with E-state index in [1.54, 1.807) is 18.2 Å². The van der Waals surface area contributed by atoms with Gasteiger partial charge in [-0.3, -0.25) is 0 Å². The van der Waals surface area contributed by atoms with Crippen LogP contribution in [0.5, 0.6) is 69.0 Å². The first kappa shape index (κ1) is 56.6. The summed E-state index contributed by atoms with van der Waals surface area (Å²) in [5.74, 6) is 6.89. The highest BCUT2D eigenvalue weighted by atomic mass is 16.7. The SMILES string of the molecule is CC(C)COc1ccc(OB(Oc2ccc(OCC(C)C)c(OCC(C)C)c2OCC(C)C)Oc2ccc(OCC(C)C)c(OCC(C)C)c2OCC(C)C)c(OCC(C)C)c1OCC(C)C. The lowest BCUT2D eigenvalue weighted by molar-refractivity contribution is 0.194. The fraction of sp³-hybridized carbons (Fsp3) is 0.667. The average Bonchev–Trinajstić information content (AvgIpc) is 3.23. The van der Waals surface area contributed by atoms with E-state index >= 15 is 0 Å². The van der Waals surface area contributed by atoms with Gasteiger partial charge in [0, 0.05) is 0 Å². The Morgan fingerprint density at radius 2 is 0.388 bits per heavy atom. The Labute approximate surface area is 405 Å². The molecule has 0 aliphatic heterocycles. The Hall–Kier alpha value is -4.68. The molecule has 0 amide bonds. The lowest BCUT2D eigenvalue weighted by Gasteiger charge is -2.26. The maximum Gasteiger partial charge on any atom is 0.864 e. The Bertz CT molecular complexity index is 1660. The molecule has 67 heavy (non-hydrogen) atoms. The van der Waals surface area contributed by atoms with Gasteiger partial charge in [0.15, 0.2) is 34.5 Å². The van der Waals surface area contributed by atoms with Gasteiger partial charge in [-0.15, -0.1) is 0 Å². The molecule has 0 radical (unpaired) electrons. The van der Waals surface area contributed by atoms with Crippen LogP contribution in [0.15, 0.2) is 36.4 Å². The van der Waals surface area contributed by atoms with Crippen molar-refractivity contribution < 1.29 is 56.6 Å². The van der Waals surface area contributed by atoms with Crippen LogP contribution in [-0.4, -0.2) is 66.8 Å². The molecule has 3 rings (SSSR count). The Kier molecular flexibility index (Phi) is 24.2. The van der Waals surface area contributed by atoms with Gasteiger partial charge in [0.2, 0.25) is 34.5 Å². The summed E-state index contributed by atoms with van der Waals surface area (Å²) in [5, 5.41) is 0. The first-order valence-electron chi connectivity index (χ1n) is 24.8. The van der Waals surface area contributed by atoms with Crippen LogP contribution < -0.4 is 56.6 Å². The third-order valence-electron chi connectivity index (χ3n) is 8.87. The maximum absolute atomic E-state index is 6.91. The molecular formula is C54H87BO12. The second-order valence-electron chi connectivity index (χ2n) is 21.1. The first-order valence-corrected chi connectivity index (χ1v) is 24.8. The van der Waals surface area contributed by atoms with Crippen LogP contribution in [0.25, 0.3) is 0 Å². The molecule has 0 saturated heterocycles. The zero-order valence-electron chi connectivity index (χ0n) is 44.5. The van der Waals surface area contributed by atoms with E-state index < -0.39 is 7.32 Å². The molecule has 0 saturated carbocycles. The van der Waals surface area contributed by atoms with Gasteiger partial charge in [-0.25, -0.2) is 0 Å². The molecule has 0 unspecified atom stereocenters. The quantitative estimate of drug-likeness (QED) is 0.0542. The molecule has 12 nitrogen and oxygen atoms in total. The van der Waals surface area contributed by atoms with Crippen molar-refractivity contribution in [1.29, 1.82) is 0 Å². The maximum atomic E-state index is 6.91. The predicted octanol–water partition coefficient (Wildman–Crippen LogP) is 13.5. The molecule has 13 heteroatoms. The van der Waals surface area contributed by atoms with Crippen molar-refractivity contribution in [1.82, 2.24) is 0 Å². The van der Waals surface area contributed by atoms with Gasteiger partial charge >= 0.3 is 7.32 Å². The number of rotatable bonds is 33. The van der Waals surface area contributed by atoms with Crippen molar-refractivity contribution in [3.63, 3.8) is 0 Å². The van der Waals surface area contributed by atoms with Crippen molar-refractivity contribution in [3.05, 3.63) is 36.4 Å². The normalized spacial score (nSPS) is 11.7. The molecule has 0 aliphatic rings. The largest absolute Gasteiger partial charge is 0.864 e. The molecule has 0 bridgehead atoms. The average molecular weight is 939 g/mol. The van der Waals surface area contributed by atoms with Crippen LogP contribution in [-0.2, 0) is 0 Å². The van der Waals surface area contributed by atoms with Crippen molar-refractivity contribution in [2.45, 2.75) is 125 Å². The lowest BCUT2D eigenvalue weighted by atomic mass is 10.1. The van der Waals surface area contributed by atoms with E-state index in [9.17, 15) is 0 Å². The zero-order valence-corrected chi connectivity index (χ0v) is 44.5. The van der Waals surface area contributed by atoms with Gasteiger partial charge in [-0.1, -0.05) is 125 Å². The number of benzene rings is 3. The van der Waals surface area contributed by atoms with Crippen molar-refractivity contribution in [2.75, 3.05) is 59.5 Å². The van der Waals surface area contributed by atoms with Crippen LogP contribution in [0.2, 0.25) is 0 Å². The second-order valence-corrected chi connectivity index (χ2v) is 21.1. The number of hydrogen-bond acceptors (Lipinski definition) is 12. The summed E-state index contributed by atoms with van der Waals surface area (Å²) in [7, 11) is -1.50. The molecule has 0 N–H and O–H groups in total. The summed E-state index contributed by atoms with van der Waals surface area (Å²) in [6.07, 6.45) is 0. The molecule has 378 valence electrons. The molecule has 0 aliphatic carbocycles. The van der Waals surface area contributed by atoms with Crippen molar-refractivity contribution >= 4 is 7.32 Å². The van der Waals surface area contributed by atoms with E-state index in [2.05, 4.69) is 125 Å². The Balaban J connectivity index is 2.43. The van der Waals surface area contributed by atoms with Crippen LogP contribution in [0, 0.1) is 53.3 Å². The van der Waals surface area contributed by atoms with Crippen molar-refractivity contribution in [3.8, 4) is 69.0 Å². The summed E-state index contributed by atoms with van der Waals surface area (Å²) in [5.41, 5.74) is 0. The van der Waals surface area contributed by atoms with E-state index in [-0.39, 0.29) is 53.3 Å². The van der Waals surface area contributed by atoms with E-state index in [0.717, 1.165) is 0 Å². The monoisotopic (exact) mass is 939 g/mol. The second kappa shape index (κ2) is 28.6. The van der Waals surface area contributed by atoms with Gasteiger partial charge in [0.25, 0.3) is 0 Å². The topological polar surface area (TPSA) is 111 Å². The first-order chi connectivity index (χ1) is 31.6. The summed E-state index contributed by atoms with van der Waals surface area (Å²) in [6.45, 7) is 41.5. The fourth-order valence-corrected chi connectivity index (χ4v) is 5.67. The molecule has 0 aromatic heterocycles. The van der Waals surface area contributed by atoms with Gasteiger partial charge in [-0.05, 0) is 89.7 Å². The fourth-order valence-electron chi connectivity index (χ4n) is 5.67. The molecule has 0 fully saturated rings. The van der Waals surface area contributed by atoms with E-state index in [0.29, 0.717) is 128 Å². The summed E-state index contributed by atoms with van der Waals surface area (Å²) >= 11 is 0. The molecule has 0 spiro atoms. The summed E-state index contributed by atoms with van der Waals surface area (Å²) in [4.78, 5) is 0. The van der Waals surface area contributed by atoms with E-state index in [1.165, 1.54) is 0 Å². The third kappa shape index (κ3) is 20.2. The zero-order chi connectivity index (χ0) is 49.8. The minimum absolute atomic E-state index is 0.178. The minimum Gasteiger partial charge on any atom is -0.489 e. The summed E-state index contributed by atoms with van der Waals surface area (Å²) < 4.78 is 79.1. The molecular weight excluding hydrogens is 851 g/mol. The van der Waals surface area contributed by atoms with E-state index in [4.69, 9.17) is 56.6 Å². The molecule has 3 aromatic rings. The van der Waals surface area contributed by atoms with Gasteiger partial charge in [0.1, 0.15) is 0 Å². The third-order valence-corrected chi connectivity index (χ3v) is 8.87. The predicted molar refractivity (Wildman–Crippen MR) is 270 cm³/mol. The Morgan fingerprint density at radius 3 is 0.567 bits per heavy atom. The highest BCUT2D eigenvalue weighted by Crippen LogP contribution is 2.49. The van der Waals surface area contributed by atoms with Crippen LogP contribution >= 0.6 is 0 Å². The number of ether oxygens (including phenoxy) is 9. The highest BCUT2D eigenvalue weighted by molar-refractivity contribution is 6.40. The van der Waals surface area contributed by atoms with Crippen LogP contribution in [0.1, 0.15) is 125 Å². The summed E-state index contributed by atoms with van der Waals surface area (Å²) in [6, 6.07) is 10.9. The van der Waals surface area contributed by atoms with Crippen LogP contribution in [0.3, 0.4) is 0 Å². The Morgan fingerprint density at radius 1 is 0.239 bits per heavy atom. The van der Waals surface area contributed by atoms with E-state index in [1.807, 2.05) is 18.2 Å². The standard InChI is InChI=1S/C54H87BO12/c1-34(2)25-56-43-19-22-46(52(62-31-40(13)14)49(43)59-28-37(7)8)65-55(66-47-23-20-44(57-26-35(3)4)50(60-29-38(9)10)53(47)63-32-41(15)16)67-48-24-21-45(58-27-36(5)6)51(61-30-39(11)12)54(48)64-33-42(17)18/h19-24,34-42H,25-33H2,1-18H3. The molecule has 0 atom stereocenters. The molecule has 0 heterocycles. The highest BCUT2D eigenvalue weighted by Gasteiger charge is 2.38. The van der Waals surface area contributed by atoms with Gasteiger partial charge in [-0.2, -0.15) is 0 Å². The lowest BCUT2D eigenvalue weighted by Crippen LogP contribution is -2.37. The smallest absolute Gasteiger partial charge is 0.489 e. The van der Waals surface area contributed by atoms with Gasteiger partial charge in [0.05, 0.1) is 59.5 Å². The minimum atomic E-state index is -1.50.